The Morgan fingerprint density at radius 1 is 0.704 bits per heavy atom. The normalized spacial score (nSPS) is 14.2. The van der Waals surface area contributed by atoms with Crippen LogP contribution >= 0.6 is 0 Å². The number of unbranched alkanes of at least 4 members (excludes halogenated alkanes) is 9. The first kappa shape index (κ1) is 21.7. The van der Waals surface area contributed by atoms with Crippen LogP contribution in [0.25, 0.3) is 0 Å². The Bertz CT molecular complexity index is 508. The maximum Gasteiger partial charge on any atom is 0.243 e. The average Bonchev–Trinajstić information content (AvgIpc) is 3.23. The van der Waals surface area contributed by atoms with Crippen molar-refractivity contribution in [3.8, 4) is 0 Å². The lowest BCUT2D eigenvalue weighted by molar-refractivity contribution is 0.414. The number of aryl methyl sites for hydroxylation is 1. The van der Waals surface area contributed by atoms with Crippen molar-refractivity contribution in [1.82, 2.24) is 0 Å². The van der Waals surface area contributed by atoms with Crippen LogP contribution in [0.2, 0.25) is 0 Å². The highest BCUT2D eigenvalue weighted by Crippen LogP contribution is 2.30. The van der Waals surface area contributed by atoms with E-state index >= 15 is 0 Å². The van der Waals surface area contributed by atoms with Gasteiger partial charge in [-0.15, -0.1) is 0 Å². The first-order valence-corrected chi connectivity index (χ1v) is 11.4. The molecule has 0 aliphatic carbocycles. The molecule has 148 valence electrons. The number of aliphatic imine (C=N–C) groups is 2. The zero-order valence-electron chi connectivity index (χ0n) is 17.4. The van der Waals surface area contributed by atoms with Gasteiger partial charge in [0.1, 0.15) is 0 Å². The highest BCUT2D eigenvalue weighted by atomic mass is 15.0. The number of rotatable bonds is 16. The third-order valence-electron chi connectivity index (χ3n) is 5.61. The Morgan fingerprint density at radius 2 is 1.26 bits per heavy atom. The molecule has 2 nitrogen and oxygen atoms in total. The smallest absolute Gasteiger partial charge is 0.0965 e. The van der Waals surface area contributed by atoms with Gasteiger partial charge in [0.25, 0.3) is 0 Å². The second-order valence-corrected chi connectivity index (χ2v) is 7.96. The van der Waals surface area contributed by atoms with E-state index in [0.29, 0.717) is 5.92 Å². The molecule has 0 fully saturated rings. The van der Waals surface area contributed by atoms with Crippen molar-refractivity contribution in [2.75, 3.05) is 0 Å². The molecule has 27 heavy (non-hydrogen) atoms. The molecule has 1 aliphatic rings. The summed E-state index contributed by atoms with van der Waals surface area (Å²) in [7, 11) is 0. The summed E-state index contributed by atoms with van der Waals surface area (Å²) < 4.78 is 0. The molecule has 1 aliphatic heterocycles. The van der Waals surface area contributed by atoms with Gasteiger partial charge in [0.15, 0.2) is 12.4 Å². The fourth-order valence-corrected chi connectivity index (χ4v) is 3.93. The van der Waals surface area contributed by atoms with Gasteiger partial charge in [-0.2, -0.15) is 0 Å². The summed E-state index contributed by atoms with van der Waals surface area (Å²) in [6, 6.07) is 10.8. The monoisotopic (exact) mass is 367 g/mol. The molecule has 0 spiro atoms. The van der Waals surface area contributed by atoms with E-state index in [0.717, 1.165) is 6.17 Å². The van der Waals surface area contributed by atoms with Gasteiger partial charge < -0.3 is 0 Å². The molecule has 1 atom stereocenters. The lowest BCUT2D eigenvalue weighted by Crippen LogP contribution is -2.08. The predicted octanol–water partition coefficient (Wildman–Crippen LogP) is 7.58. The van der Waals surface area contributed by atoms with Crippen molar-refractivity contribution in [2.45, 2.75) is 96.8 Å². The van der Waals surface area contributed by atoms with E-state index in [2.05, 4.69) is 47.2 Å². The van der Waals surface area contributed by atoms with Crippen molar-refractivity contribution < 1.29 is 0 Å². The molecule has 0 bridgehead atoms. The van der Waals surface area contributed by atoms with Gasteiger partial charge in [0, 0.05) is 0 Å². The quantitative estimate of drug-likeness (QED) is 0.212. The first-order valence-electron chi connectivity index (χ1n) is 11.4. The minimum Gasteiger partial charge on any atom is -0.0965 e. The maximum absolute atomic E-state index is 4.50. The van der Waals surface area contributed by atoms with E-state index in [1.54, 1.807) is 0 Å². The summed E-state index contributed by atoms with van der Waals surface area (Å²) >= 11 is 0. The molecule has 0 amide bonds. The van der Waals surface area contributed by atoms with Gasteiger partial charge in [0.2, 0.25) is 6.17 Å². The molecule has 0 N–H and O–H groups in total. The molecule has 0 aromatic heterocycles. The summed E-state index contributed by atoms with van der Waals surface area (Å²) in [6.45, 7) is 2.29. The van der Waals surface area contributed by atoms with Crippen LogP contribution in [0, 0.1) is 12.1 Å². The molecule has 1 aromatic rings. The van der Waals surface area contributed by atoms with E-state index in [1.165, 1.54) is 95.5 Å². The molecule has 1 aromatic carbocycles. The van der Waals surface area contributed by atoms with Gasteiger partial charge >= 0.3 is 0 Å². The molecule has 1 unspecified atom stereocenters. The van der Waals surface area contributed by atoms with Crippen LogP contribution in [0.15, 0.2) is 40.3 Å². The Morgan fingerprint density at radius 3 is 1.89 bits per heavy atom. The van der Waals surface area contributed by atoms with E-state index < -0.39 is 0 Å². The van der Waals surface area contributed by atoms with Crippen LogP contribution in [0.3, 0.4) is 0 Å². The second kappa shape index (κ2) is 14.5. The van der Waals surface area contributed by atoms with Gasteiger partial charge in [-0.05, 0) is 31.2 Å². The molecule has 0 saturated heterocycles. The van der Waals surface area contributed by atoms with Crippen LogP contribution in [-0.4, -0.2) is 12.4 Å². The standard InChI is InChI=1S/C25H39N2/c1-2-3-4-5-6-7-8-9-13-19-24(25-26-21-22-27-25)20-15-14-18-23-16-11-10-12-17-23/h10-12,16-17,21-22,24H,2-9,13-15,18-20H2,1H3/q+1. The van der Waals surface area contributed by atoms with Crippen molar-refractivity contribution in [1.29, 1.82) is 0 Å². The number of benzene rings is 1. The highest BCUT2D eigenvalue weighted by Gasteiger charge is 2.27. The zero-order chi connectivity index (χ0) is 19.0. The maximum atomic E-state index is 4.50. The Hall–Kier alpha value is -1.57. The largest absolute Gasteiger partial charge is 0.243 e. The molecule has 1 heterocycles. The molecule has 0 saturated carbocycles. The van der Waals surface area contributed by atoms with Crippen molar-refractivity contribution in [3.05, 3.63) is 42.1 Å². The molecule has 0 radical (unpaired) electrons. The second-order valence-electron chi connectivity index (χ2n) is 7.96. The third kappa shape index (κ3) is 9.79. The Balaban J connectivity index is 1.57. The van der Waals surface area contributed by atoms with Crippen LogP contribution in [0.1, 0.15) is 96.0 Å². The van der Waals surface area contributed by atoms with Gasteiger partial charge in [0.05, 0.1) is 5.92 Å². The fourth-order valence-electron chi connectivity index (χ4n) is 3.93. The molecule has 2 rings (SSSR count). The Kier molecular flexibility index (Phi) is 11.7. The number of hydrogen-bond acceptors (Lipinski definition) is 2. The van der Waals surface area contributed by atoms with Crippen molar-refractivity contribution in [2.24, 2.45) is 15.9 Å². The highest BCUT2D eigenvalue weighted by molar-refractivity contribution is 6.18. The number of nitrogens with zero attached hydrogens (tertiary/aromatic N) is 2. The van der Waals surface area contributed by atoms with Gasteiger partial charge in [-0.25, -0.2) is 0 Å². The summed E-state index contributed by atoms with van der Waals surface area (Å²) in [4.78, 5) is 9.00. The van der Waals surface area contributed by atoms with Crippen molar-refractivity contribution >= 4 is 12.4 Å². The topological polar surface area (TPSA) is 24.7 Å². The van der Waals surface area contributed by atoms with Gasteiger partial charge in [-0.3, -0.25) is 0 Å². The molecular weight excluding hydrogens is 328 g/mol. The summed E-state index contributed by atoms with van der Waals surface area (Å²) in [5.41, 5.74) is 1.46. The Labute approximate surface area is 167 Å². The van der Waals surface area contributed by atoms with E-state index in [4.69, 9.17) is 0 Å². The van der Waals surface area contributed by atoms with Gasteiger partial charge in [-0.1, -0.05) is 111 Å². The summed E-state index contributed by atoms with van der Waals surface area (Å²) in [5.74, 6) is 0.556. The lowest BCUT2D eigenvalue weighted by Gasteiger charge is -2.14. The number of hydrogen-bond donors (Lipinski definition) is 0. The van der Waals surface area contributed by atoms with Crippen LogP contribution in [0.4, 0.5) is 0 Å². The average molecular weight is 368 g/mol. The SMILES string of the molecule is CCCCCCCCCCCC(CCCCc1ccccc1)[C+]1N=CC=N1. The summed E-state index contributed by atoms with van der Waals surface area (Å²) in [6.07, 6.45) is 23.5. The van der Waals surface area contributed by atoms with Crippen LogP contribution in [0.5, 0.6) is 0 Å². The van der Waals surface area contributed by atoms with Crippen LogP contribution < -0.4 is 0 Å². The minimum absolute atomic E-state index is 0.556. The minimum atomic E-state index is 0.556. The fraction of sp³-hybridized carbons (Fsp3) is 0.640. The predicted molar refractivity (Wildman–Crippen MR) is 120 cm³/mol. The molecule has 2 heteroatoms. The van der Waals surface area contributed by atoms with Crippen LogP contribution in [-0.2, 0) is 6.42 Å². The summed E-state index contributed by atoms with van der Waals surface area (Å²) in [5, 5.41) is 0. The van der Waals surface area contributed by atoms with Crippen molar-refractivity contribution in [3.63, 3.8) is 0 Å². The lowest BCUT2D eigenvalue weighted by atomic mass is 9.91. The van der Waals surface area contributed by atoms with E-state index in [9.17, 15) is 0 Å². The molecular formula is C25H39N2+. The third-order valence-corrected chi connectivity index (χ3v) is 5.61. The zero-order valence-corrected chi connectivity index (χ0v) is 17.4. The first-order chi connectivity index (χ1) is 13.4. The van der Waals surface area contributed by atoms with E-state index in [-0.39, 0.29) is 0 Å². The van der Waals surface area contributed by atoms with E-state index in [1.807, 2.05) is 12.4 Å².